The van der Waals surface area contributed by atoms with E-state index in [1.165, 1.54) is 29.4 Å². The average molecular weight is 376 g/mol. The maximum Gasteiger partial charge on any atom is 0.316 e. The molecule has 25 heavy (non-hydrogen) atoms. The predicted molar refractivity (Wildman–Crippen MR) is 98.9 cm³/mol. The number of thiophene rings is 1. The first-order valence-electron chi connectivity index (χ1n) is 7.39. The Labute approximate surface area is 152 Å². The maximum atomic E-state index is 11.2. The van der Waals surface area contributed by atoms with Gasteiger partial charge >= 0.3 is 5.97 Å². The van der Waals surface area contributed by atoms with E-state index in [1.54, 1.807) is 21.1 Å². The van der Waals surface area contributed by atoms with Gasteiger partial charge in [-0.05, 0) is 24.6 Å². The molecule has 0 radical (unpaired) electrons. The summed E-state index contributed by atoms with van der Waals surface area (Å²) < 4.78 is 10.7. The number of benzene rings is 1. The minimum absolute atomic E-state index is 0.601. The highest BCUT2D eigenvalue weighted by Crippen LogP contribution is 2.41. The number of nitrogens with zero attached hydrogens (tertiary/aromatic N) is 2. The number of carboxylic acids is 1. The van der Waals surface area contributed by atoms with E-state index >= 15 is 0 Å². The first kappa shape index (κ1) is 17.5. The van der Waals surface area contributed by atoms with E-state index in [0.29, 0.717) is 16.5 Å². The van der Waals surface area contributed by atoms with Crippen LogP contribution < -0.4 is 9.47 Å². The van der Waals surface area contributed by atoms with Crippen molar-refractivity contribution in [2.45, 2.75) is 17.2 Å². The Morgan fingerprint density at radius 2 is 2.00 bits per heavy atom. The first-order valence-corrected chi connectivity index (χ1v) is 9.15. The van der Waals surface area contributed by atoms with Gasteiger partial charge in [0.2, 0.25) is 0 Å². The molecule has 2 aromatic heterocycles. The van der Waals surface area contributed by atoms with Crippen molar-refractivity contribution >= 4 is 39.3 Å². The third-order valence-corrected chi connectivity index (χ3v) is 5.64. The Balaban J connectivity index is 2.13. The number of rotatable bonds is 6. The summed E-state index contributed by atoms with van der Waals surface area (Å²) in [5.41, 5.74) is 1.88. The zero-order chi connectivity index (χ0) is 18.0. The van der Waals surface area contributed by atoms with Crippen LogP contribution in [0, 0.1) is 0 Å². The Bertz CT molecular complexity index is 926. The van der Waals surface area contributed by atoms with Gasteiger partial charge in [-0.1, -0.05) is 17.8 Å². The molecule has 8 heteroatoms. The Hall–Kier alpha value is -2.32. The number of hydrogen-bond acceptors (Lipinski definition) is 7. The smallest absolute Gasteiger partial charge is 0.316 e. The SMILES string of the molecule is COc1ccc(-c2csc3ncnc(SC(C)C(=O)O)c23)cc1OC. The highest BCUT2D eigenvalue weighted by molar-refractivity contribution is 8.00. The van der Waals surface area contributed by atoms with E-state index in [1.807, 2.05) is 23.6 Å². The van der Waals surface area contributed by atoms with Crippen molar-refractivity contribution in [2.75, 3.05) is 14.2 Å². The van der Waals surface area contributed by atoms with Gasteiger partial charge in [-0.3, -0.25) is 4.79 Å². The molecule has 0 fully saturated rings. The molecule has 0 saturated carbocycles. The molecule has 0 amide bonds. The molecule has 0 spiro atoms. The summed E-state index contributed by atoms with van der Waals surface area (Å²) in [6, 6.07) is 5.67. The summed E-state index contributed by atoms with van der Waals surface area (Å²) in [6.07, 6.45) is 1.47. The molecule has 0 saturated heterocycles. The number of aliphatic carboxylic acids is 1. The molecule has 130 valence electrons. The van der Waals surface area contributed by atoms with E-state index in [2.05, 4.69) is 9.97 Å². The molecule has 1 atom stereocenters. The lowest BCUT2D eigenvalue weighted by Crippen LogP contribution is -2.11. The van der Waals surface area contributed by atoms with Crippen LogP contribution in [0.4, 0.5) is 0 Å². The van der Waals surface area contributed by atoms with Gasteiger partial charge in [0.05, 0.1) is 19.6 Å². The first-order chi connectivity index (χ1) is 12.0. The van der Waals surface area contributed by atoms with Gasteiger partial charge in [0.25, 0.3) is 0 Å². The average Bonchev–Trinajstić information content (AvgIpc) is 3.06. The Kier molecular flexibility index (Phi) is 5.10. The number of carbonyl (C=O) groups is 1. The molecule has 0 aliphatic heterocycles. The Morgan fingerprint density at radius 3 is 2.68 bits per heavy atom. The molecule has 3 aromatic rings. The standard InChI is InChI=1S/C17H16N2O4S2/c1-9(17(20)21)25-16-14-11(7-24-15(14)18-8-19-16)10-4-5-12(22-2)13(6-10)23-3/h4-9H,1-3H3,(H,20,21). The fourth-order valence-electron chi connectivity index (χ4n) is 2.37. The number of carboxylic acid groups (broad SMARTS) is 1. The van der Waals surface area contributed by atoms with Crippen molar-refractivity contribution < 1.29 is 19.4 Å². The van der Waals surface area contributed by atoms with Crippen molar-refractivity contribution in [1.82, 2.24) is 9.97 Å². The summed E-state index contributed by atoms with van der Waals surface area (Å²) >= 11 is 2.71. The number of ether oxygens (including phenoxy) is 2. The second-order valence-electron chi connectivity index (χ2n) is 5.18. The minimum atomic E-state index is -0.875. The normalized spacial score (nSPS) is 12.1. The number of aromatic nitrogens is 2. The molecule has 1 N–H and O–H groups in total. The van der Waals surface area contributed by atoms with Crippen LogP contribution in [0.15, 0.2) is 34.9 Å². The van der Waals surface area contributed by atoms with Gasteiger partial charge in [-0.15, -0.1) is 11.3 Å². The van der Waals surface area contributed by atoms with Crippen LogP contribution in [-0.2, 0) is 4.79 Å². The lowest BCUT2D eigenvalue weighted by Gasteiger charge is -2.10. The minimum Gasteiger partial charge on any atom is -0.493 e. The van der Waals surface area contributed by atoms with Crippen LogP contribution in [-0.4, -0.2) is 40.5 Å². The quantitative estimate of drug-likeness (QED) is 0.515. The van der Waals surface area contributed by atoms with Gasteiger partial charge in [0.15, 0.2) is 11.5 Å². The Morgan fingerprint density at radius 1 is 1.24 bits per heavy atom. The zero-order valence-electron chi connectivity index (χ0n) is 13.8. The van der Waals surface area contributed by atoms with Crippen molar-refractivity contribution in [1.29, 1.82) is 0 Å². The van der Waals surface area contributed by atoms with Crippen molar-refractivity contribution in [3.05, 3.63) is 29.9 Å². The second-order valence-corrected chi connectivity index (χ2v) is 7.36. The molecular weight excluding hydrogens is 360 g/mol. The molecular formula is C17H16N2O4S2. The van der Waals surface area contributed by atoms with Crippen LogP contribution in [0.5, 0.6) is 11.5 Å². The zero-order valence-corrected chi connectivity index (χ0v) is 15.5. The monoisotopic (exact) mass is 376 g/mol. The van der Waals surface area contributed by atoms with Crippen LogP contribution in [0.3, 0.4) is 0 Å². The van der Waals surface area contributed by atoms with Gasteiger partial charge in [-0.25, -0.2) is 9.97 Å². The second kappa shape index (κ2) is 7.28. The van der Waals surface area contributed by atoms with E-state index in [9.17, 15) is 9.90 Å². The fourth-order valence-corrected chi connectivity index (χ4v) is 4.22. The highest BCUT2D eigenvalue weighted by Gasteiger charge is 2.19. The van der Waals surface area contributed by atoms with Crippen LogP contribution in [0.1, 0.15) is 6.92 Å². The van der Waals surface area contributed by atoms with Crippen LogP contribution in [0.25, 0.3) is 21.3 Å². The van der Waals surface area contributed by atoms with Gasteiger partial charge in [0.1, 0.15) is 21.4 Å². The molecule has 3 rings (SSSR count). The molecule has 0 aliphatic rings. The number of thioether (sulfide) groups is 1. The van der Waals surface area contributed by atoms with Gasteiger partial charge in [0, 0.05) is 10.9 Å². The predicted octanol–water partition coefficient (Wildman–Crippen LogP) is 3.94. The third kappa shape index (κ3) is 3.40. The van der Waals surface area contributed by atoms with E-state index in [0.717, 1.165) is 21.3 Å². The van der Waals surface area contributed by atoms with Crippen LogP contribution in [0.2, 0.25) is 0 Å². The highest BCUT2D eigenvalue weighted by atomic mass is 32.2. The summed E-state index contributed by atoms with van der Waals surface area (Å²) in [6.45, 7) is 1.64. The number of hydrogen-bond donors (Lipinski definition) is 1. The molecule has 0 bridgehead atoms. The fraction of sp³-hybridized carbons (Fsp3) is 0.235. The van der Waals surface area contributed by atoms with Gasteiger partial charge in [-0.2, -0.15) is 0 Å². The topological polar surface area (TPSA) is 81.5 Å². The lowest BCUT2D eigenvalue weighted by molar-refractivity contribution is -0.136. The van der Waals surface area contributed by atoms with E-state index in [4.69, 9.17) is 9.47 Å². The molecule has 2 heterocycles. The molecule has 0 aliphatic carbocycles. The summed E-state index contributed by atoms with van der Waals surface area (Å²) in [7, 11) is 3.18. The van der Waals surface area contributed by atoms with Crippen molar-refractivity contribution in [2.24, 2.45) is 0 Å². The van der Waals surface area contributed by atoms with Crippen LogP contribution >= 0.6 is 23.1 Å². The van der Waals surface area contributed by atoms with E-state index < -0.39 is 11.2 Å². The maximum absolute atomic E-state index is 11.2. The lowest BCUT2D eigenvalue weighted by atomic mass is 10.1. The van der Waals surface area contributed by atoms with Gasteiger partial charge < -0.3 is 14.6 Å². The largest absolute Gasteiger partial charge is 0.493 e. The van der Waals surface area contributed by atoms with E-state index in [-0.39, 0.29) is 0 Å². The number of fused-ring (bicyclic) bond motifs is 1. The van der Waals surface area contributed by atoms with Crippen molar-refractivity contribution in [3.63, 3.8) is 0 Å². The molecule has 1 aromatic carbocycles. The van der Waals surface area contributed by atoms with Crippen molar-refractivity contribution in [3.8, 4) is 22.6 Å². The summed E-state index contributed by atoms with van der Waals surface area (Å²) in [5.74, 6) is 0.403. The summed E-state index contributed by atoms with van der Waals surface area (Å²) in [5, 5.41) is 12.1. The summed E-state index contributed by atoms with van der Waals surface area (Å²) in [4.78, 5) is 20.6. The number of methoxy groups -OCH3 is 2. The molecule has 1 unspecified atom stereocenters. The third-order valence-electron chi connectivity index (χ3n) is 3.67. The molecule has 6 nitrogen and oxygen atoms in total.